The number of hydrogen-bond acceptors (Lipinski definition) is 5. The largest absolute Gasteiger partial charge is 0.480 e. The Morgan fingerprint density at radius 1 is 1.28 bits per heavy atom. The van der Waals surface area contributed by atoms with Gasteiger partial charge < -0.3 is 14.5 Å². The molecule has 1 saturated carbocycles. The van der Waals surface area contributed by atoms with Gasteiger partial charge in [0.15, 0.2) is 5.82 Å². The zero-order valence-corrected chi connectivity index (χ0v) is 14.8. The highest BCUT2D eigenvalue weighted by Crippen LogP contribution is 2.40. The lowest BCUT2D eigenvalue weighted by Gasteiger charge is -2.33. The van der Waals surface area contributed by atoms with Crippen LogP contribution in [0.3, 0.4) is 0 Å². The maximum Gasteiger partial charge on any atom is 0.326 e. The number of hydrogen-bond donors (Lipinski definition) is 1. The van der Waals surface area contributed by atoms with Crippen LogP contribution in [0.15, 0.2) is 4.52 Å². The van der Waals surface area contributed by atoms with Gasteiger partial charge in [0, 0.05) is 25.3 Å². The third-order valence-corrected chi connectivity index (χ3v) is 5.43. The monoisotopic (exact) mass is 349 g/mol. The van der Waals surface area contributed by atoms with E-state index in [4.69, 9.17) is 4.52 Å². The molecule has 1 aliphatic carbocycles. The molecule has 2 fully saturated rings. The Balaban J connectivity index is 1.56. The fraction of sp³-hybridized carbons (Fsp3) is 0.778. The maximum absolute atomic E-state index is 12.7. The fourth-order valence-electron chi connectivity index (χ4n) is 4.28. The molecular weight excluding hydrogens is 322 g/mol. The van der Waals surface area contributed by atoms with Crippen molar-refractivity contribution in [3.63, 3.8) is 0 Å². The van der Waals surface area contributed by atoms with Crippen LogP contribution in [0.1, 0.15) is 70.0 Å². The molecule has 1 saturated heterocycles. The van der Waals surface area contributed by atoms with Gasteiger partial charge in [0.25, 0.3) is 0 Å². The average Bonchev–Trinajstić information content (AvgIpc) is 3.19. The number of aliphatic carboxylic acids is 1. The van der Waals surface area contributed by atoms with Crippen LogP contribution in [0.2, 0.25) is 0 Å². The van der Waals surface area contributed by atoms with Crippen LogP contribution >= 0.6 is 0 Å². The summed E-state index contributed by atoms with van der Waals surface area (Å²) in [5.74, 6) is 0.702. The van der Waals surface area contributed by atoms with Crippen LogP contribution in [-0.4, -0.2) is 44.1 Å². The Kier molecular flexibility index (Phi) is 5.71. The van der Waals surface area contributed by atoms with Crippen LogP contribution < -0.4 is 0 Å². The number of fused-ring (bicyclic) bond motifs is 1. The zero-order chi connectivity index (χ0) is 17.8. The molecule has 3 unspecified atom stereocenters. The second kappa shape index (κ2) is 7.97. The topological polar surface area (TPSA) is 96.5 Å². The Bertz CT molecular complexity index is 615. The summed E-state index contributed by atoms with van der Waals surface area (Å²) in [6.45, 7) is 2.06. The highest BCUT2D eigenvalue weighted by atomic mass is 16.5. The molecule has 3 rings (SSSR count). The van der Waals surface area contributed by atoms with E-state index in [2.05, 4.69) is 17.1 Å². The maximum atomic E-state index is 12.7. The van der Waals surface area contributed by atoms with Gasteiger partial charge in [0.05, 0.1) is 0 Å². The van der Waals surface area contributed by atoms with Crippen molar-refractivity contribution in [2.45, 2.75) is 83.2 Å². The summed E-state index contributed by atoms with van der Waals surface area (Å²) in [6, 6.07) is -0.540. The van der Waals surface area contributed by atoms with Crippen molar-refractivity contribution in [3.05, 3.63) is 11.7 Å². The minimum atomic E-state index is -0.871. The number of aromatic nitrogens is 2. The number of carbonyl (C=O) groups excluding carboxylic acids is 1. The van der Waals surface area contributed by atoms with Gasteiger partial charge in [-0.05, 0) is 38.0 Å². The normalized spacial score (nSPS) is 25.8. The van der Waals surface area contributed by atoms with Crippen LogP contribution in [0.4, 0.5) is 0 Å². The highest BCUT2D eigenvalue weighted by molar-refractivity contribution is 5.84. The smallest absolute Gasteiger partial charge is 0.326 e. The summed E-state index contributed by atoms with van der Waals surface area (Å²) >= 11 is 0. The second-order valence-electron chi connectivity index (χ2n) is 7.21. The summed E-state index contributed by atoms with van der Waals surface area (Å²) in [4.78, 5) is 30.3. The molecule has 0 aromatic carbocycles. The number of carbonyl (C=O) groups is 2. The van der Waals surface area contributed by atoms with E-state index in [1.165, 1.54) is 0 Å². The van der Waals surface area contributed by atoms with Crippen molar-refractivity contribution in [2.24, 2.45) is 5.92 Å². The Morgan fingerprint density at radius 3 is 2.84 bits per heavy atom. The van der Waals surface area contributed by atoms with Crippen LogP contribution in [0.5, 0.6) is 0 Å². The van der Waals surface area contributed by atoms with E-state index >= 15 is 0 Å². The number of rotatable bonds is 7. The summed E-state index contributed by atoms with van der Waals surface area (Å²) in [5, 5.41) is 13.4. The van der Waals surface area contributed by atoms with Gasteiger partial charge in [0.2, 0.25) is 11.8 Å². The molecule has 25 heavy (non-hydrogen) atoms. The van der Waals surface area contributed by atoms with Crippen molar-refractivity contribution in [3.8, 4) is 0 Å². The molecular formula is C18H27N3O4. The summed E-state index contributed by atoms with van der Waals surface area (Å²) in [6.07, 6.45) is 8.06. The molecule has 138 valence electrons. The molecule has 1 aromatic rings. The van der Waals surface area contributed by atoms with Crippen LogP contribution in [0, 0.1) is 5.92 Å². The number of carboxylic acids is 1. The van der Waals surface area contributed by atoms with E-state index in [1.54, 1.807) is 4.90 Å². The molecule has 1 amide bonds. The molecule has 0 spiro atoms. The molecule has 1 aromatic heterocycles. The summed E-state index contributed by atoms with van der Waals surface area (Å²) < 4.78 is 5.19. The van der Waals surface area contributed by atoms with E-state index < -0.39 is 12.0 Å². The molecule has 2 heterocycles. The first kappa shape index (κ1) is 17.9. The van der Waals surface area contributed by atoms with Crippen molar-refractivity contribution < 1.29 is 19.2 Å². The zero-order valence-electron chi connectivity index (χ0n) is 14.8. The SMILES string of the molecule is CCCc1noc(CCCC(=O)N2C(C(=O)O)CC3CCCCC32)n1. The number of amides is 1. The number of nitrogens with zero attached hydrogens (tertiary/aromatic N) is 3. The Labute approximate surface area is 147 Å². The molecule has 7 heteroatoms. The second-order valence-corrected chi connectivity index (χ2v) is 7.21. The van der Waals surface area contributed by atoms with E-state index in [9.17, 15) is 14.7 Å². The molecule has 2 aliphatic rings. The molecule has 0 bridgehead atoms. The van der Waals surface area contributed by atoms with E-state index in [0.29, 0.717) is 43.3 Å². The van der Waals surface area contributed by atoms with Gasteiger partial charge in [0.1, 0.15) is 6.04 Å². The third kappa shape index (κ3) is 4.02. The van der Waals surface area contributed by atoms with Gasteiger partial charge in [-0.3, -0.25) is 4.79 Å². The average molecular weight is 349 g/mol. The first-order chi connectivity index (χ1) is 12.1. The lowest BCUT2D eigenvalue weighted by molar-refractivity contribution is -0.149. The standard InChI is InChI=1S/C18H27N3O4/c1-2-6-15-19-16(25-20-15)9-5-10-17(22)21-13-8-4-3-7-12(13)11-14(21)18(23)24/h12-14H,2-11H2,1H3,(H,23,24). The van der Waals surface area contributed by atoms with Gasteiger partial charge in [-0.25, -0.2) is 4.79 Å². The molecule has 0 radical (unpaired) electrons. The van der Waals surface area contributed by atoms with Gasteiger partial charge >= 0.3 is 5.97 Å². The van der Waals surface area contributed by atoms with Crippen LogP contribution in [0.25, 0.3) is 0 Å². The van der Waals surface area contributed by atoms with E-state index in [-0.39, 0.29) is 11.9 Å². The van der Waals surface area contributed by atoms with Crippen molar-refractivity contribution in [1.82, 2.24) is 15.0 Å². The first-order valence-electron chi connectivity index (χ1n) is 9.45. The number of carboxylic acid groups (broad SMARTS) is 1. The van der Waals surface area contributed by atoms with Crippen molar-refractivity contribution in [1.29, 1.82) is 0 Å². The van der Waals surface area contributed by atoms with Crippen LogP contribution in [-0.2, 0) is 22.4 Å². The van der Waals surface area contributed by atoms with Gasteiger partial charge in [-0.1, -0.05) is 24.9 Å². The summed E-state index contributed by atoms with van der Waals surface area (Å²) in [7, 11) is 0. The van der Waals surface area contributed by atoms with E-state index in [0.717, 1.165) is 38.5 Å². The fourth-order valence-corrected chi connectivity index (χ4v) is 4.28. The quantitative estimate of drug-likeness (QED) is 0.813. The summed E-state index contributed by atoms with van der Waals surface area (Å²) in [5.41, 5.74) is 0. The molecule has 3 atom stereocenters. The van der Waals surface area contributed by atoms with Crippen molar-refractivity contribution >= 4 is 11.9 Å². The lowest BCUT2D eigenvalue weighted by Crippen LogP contribution is -2.46. The predicted molar refractivity (Wildman–Crippen MR) is 89.9 cm³/mol. The first-order valence-corrected chi connectivity index (χ1v) is 9.45. The Hall–Kier alpha value is -1.92. The van der Waals surface area contributed by atoms with Gasteiger partial charge in [-0.2, -0.15) is 4.98 Å². The number of aryl methyl sites for hydroxylation is 2. The minimum Gasteiger partial charge on any atom is -0.480 e. The molecule has 7 nitrogen and oxygen atoms in total. The minimum absolute atomic E-state index is 0.0462. The van der Waals surface area contributed by atoms with Gasteiger partial charge in [-0.15, -0.1) is 0 Å². The Morgan fingerprint density at radius 2 is 2.08 bits per heavy atom. The molecule has 1 aliphatic heterocycles. The lowest BCUT2D eigenvalue weighted by atomic mass is 9.84. The highest BCUT2D eigenvalue weighted by Gasteiger charge is 2.47. The number of likely N-dealkylation sites (tertiary alicyclic amines) is 1. The van der Waals surface area contributed by atoms with Crippen molar-refractivity contribution in [2.75, 3.05) is 0 Å². The predicted octanol–water partition coefficient (Wildman–Crippen LogP) is 2.59. The molecule has 1 N–H and O–H groups in total. The van der Waals surface area contributed by atoms with E-state index in [1.807, 2.05) is 0 Å². The third-order valence-electron chi connectivity index (χ3n) is 5.43.